The summed E-state index contributed by atoms with van der Waals surface area (Å²) in [5.41, 5.74) is 3.57. The molecule has 0 aliphatic carbocycles. The predicted octanol–water partition coefficient (Wildman–Crippen LogP) is 4.17. The van der Waals surface area contributed by atoms with Crippen LogP contribution < -0.4 is 9.64 Å². The Bertz CT molecular complexity index is 1210. The lowest BCUT2D eigenvalue weighted by Crippen LogP contribution is -2.34. The molecule has 29 heavy (non-hydrogen) atoms. The van der Waals surface area contributed by atoms with Crippen LogP contribution >= 0.6 is 0 Å². The van der Waals surface area contributed by atoms with E-state index in [1.54, 1.807) is 9.58 Å². The average molecular weight is 388 g/mol. The molecule has 148 valence electrons. The molecule has 0 saturated carbocycles. The highest BCUT2D eigenvalue weighted by atomic mass is 16.5. The zero-order valence-corrected chi connectivity index (χ0v) is 17.1. The number of anilines is 1. The molecule has 2 heterocycles. The highest BCUT2D eigenvalue weighted by molar-refractivity contribution is 5.97. The van der Waals surface area contributed by atoms with Crippen molar-refractivity contribution in [2.24, 2.45) is 7.05 Å². The highest BCUT2D eigenvalue weighted by Crippen LogP contribution is 2.27. The lowest BCUT2D eigenvalue weighted by Gasteiger charge is -2.21. The maximum Gasteiger partial charge on any atom is 0.264 e. The molecule has 2 aromatic carbocycles. The van der Waals surface area contributed by atoms with Crippen molar-refractivity contribution in [3.8, 4) is 5.88 Å². The zero-order chi connectivity index (χ0) is 20.5. The summed E-state index contributed by atoms with van der Waals surface area (Å²) in [6.07, 6.45) is 0. The van der Waals surface area contributed by atoms with Crippen molar-refractivity contribution in [2.45, 2.75) is 20.8 Å². The van der Waals surface area contributed by atoms with Crippen LogP contribution in [0.1, 0.15) is 18.2 Å². The summed E-state index contributed by atoms with van der Waals surface area (Å²) < 4.78 is 7.54. The summed E-state index contributed by atoms with van der Waals surface area (Å²) in [5, 5.41) is 7.52. The van der Waals surface area contributed by atoms with E-state index >= 15 is 0 Å². The average Bonchev–Trinajstić information content (AvgIpc) is 3.02. The van der Waals surface area contributed by atoms with Crippen LogP contribution in [0.25, 0.3) is 21.8 Å². The minimum Gasteiger partial charge on any atom is -0.466 e. The first-order valence-electron chi connectivity index (χ1n) is 9.71. The number of carbonyl (C=O) groups excluding carboxylic acids is 1. The first-order chi connectivity index (χ1) is 14.0. The molecule has 0 aliphatic rings. The molecule has 0 spiro atoms. The number of aryl methyl sites for hydroxylation is 3. The van der Waals surface area contributed by atoms with E-state index in [4.69, 9.17) is 4.74 Å². The third kappa shape index (κ3) is 3.53. The maximum absolute atomic E-state index is 12.9. The molecule has 6 heteroatoms. The van der Waals surface area contributed by atoms with Crippen LogP contribution in [0, 0.1) is 13.8 Å². The standard InChI is InChI=1S/C23H24N4O2/c1-5-27(19-11-10-17-8-6-7-9-18(17)13-19)20(28)14-29-23-21-15(2)12-16(3)24-22(21)26(4)25-23/h6-13H,5,14H2,1-4H3. The number of hydrogen-bond donors (Lipinski definition) is 0. The predicted molar refractivity (Wildman–Crippen MR) is 115 cm³/mol. The SMILES string of the molecule is CCN(C(=O)COc1nn(C)c2nc(C)cc(C)c12)c1ccc2ccccc2c1. The van der Waals surface area contributed by atoms with Gasteiger partial charge in [-0.2, -0.15) is 0 Å². The minimum absolute atomic E-state index is 0.0832. The Morgan fingerprint density at radius 2 is 1.86 bits per heavy atom. The number of fused-ring (bicyclic) bond motifs is 2. The highest BCUT2D eigenvalue weighted by Gasteiger charge is 2.19. The van der Waals surface area contributed by atoms with Gasteiger partial charge in [0.25, 0.3) is 5.91 Å². The Kier molecular flexibility index (Phi) is 4.92. The summed E-state index contributed by atoms with van der Waals surface area (Å²) >= 11 is 0. The molecule has 4 aromatic rings. The van der Waals surface area contributed by atoms with E-state index in [1.165, 1.54) is 0 Å². The third-order valence-corrected chi connectivity index (χ3v) is 5.08. The van der Waals surface area contributed by atoms with E-state index < -0.39 is 0 Å². The van der Waals surface area contributed by atoms with Gasteiger partial charge in [-0.1, -0.05) is 30.3 Å². The number of benzene rings is 2. The molecule has 1 amide bonds. The summed E-state index contributed by atoms with van der Waals surface area (Å²) in [7, 11) is 1.83. The van der Waals surface area contributed by atoms with Gasteiger partial charge in [-0.25, -0.2) is 9.67 Å². The second kappa shape index (κ2) is 7.54. The molecule has 6 nitrogen and oxygen atoms in total. The number of aromatic nitrogens is 3. The van der Waals surface area contributed by atoms with Crippen LogP contribution in [0.2, 0.25) is 0 Å². The number of hydrogen-bond acceptors (Lipinski definition) is 4. The van der Waals surface area contributed by atoms with Crippen LogP contribution in [0.3, 0.4) is 0 Å². The lowest BCUT2D eigenvalue weighted by atomic mass is 10.1. The smallest absolute Gasteiger partial charge is 0.264 e. The summed E-state index contributed by atoms with van der Waals surface area (Å²) in [5.74, 6) is 0.328. The topological polar surface area (TPSA) is 60.3 Å². The Morgan fingerprint density at radius 1 is 1.10 bits per heavy atom. The van der Waals surface area contributed by atoms with Gasteiger partial charge in [-0.15, -0.1) is 5.10 Å². The molecule has 0 bridgehead atoms. The first kappa shape index (κ1) is 18.9. The summed E-state index contributed by atoms with van der Waals surface area (Å²) in [6.45, 7) is 6.39. The van der Waals surface area contributed by atoms with Crippen molar-refractivity contribution in [2.75, 3.05) is 18.1 Å². The van der Waals surface area contributed by atoms with Crippen LogP contribution in [0.4, 0.5) is 5.69 Å². The van der Waals surface area contributed by atoms with Crippen LogP contribution in [-0.4, -0.2) is 33.8 Å². The number of likely N-dealkylation sites (N-methyl/N-ethyl adjacent to an activating group) is 1. The quantitative estimate of drug-likeness (QED) is 0.515. The molecular formula is C23H24N4O2. The molecule has 0 radical (unpaired) electrons. The van der Waals surface area contributed by atoms with Crippen LogP contribution in [0.15, 0.2) is 48.5 Å². The van der Waals surface area contributed by atoms with E-state index in [0.29, 0.717) is 12.4 Å². The number of rotatable bonds is 5. The summed E-state index contributed by atoms with van der Waals surface area (Å²) in [4.78, 5) is 19.2. The second-order valence-corrected chi connectivity index (χ2v) is 7.17. The van der Waals surface area contributed by atoms with Crippen molar-refractivity contribution >= 4 is 33.4 Å². The molecule has 0 fully saturated rings. The number of nitrogens with zero attached hydrogens (tertiary/aromatic N) is 4. The van der Waals surface area contributed by atoms with Crippen molar-refractivity contribution in [1.82, 2.24) is 14.8 Å². The number of pyridine rings is 1. The molecule has 0 unspecified atom stereocenters. The molecule has 4 rings (SSSR count). The number of ether oxygens (including phenoxy) is 1. The fourth-order valence-corrected chi connectivity index (χ4v) is 3.71. The molecule has 0 aliphatic heterocycles. The first-order valence-corrected chi connectivity index (χ1v) is 9.71. The van der Waals surface area contributed by atoms with E-state index in [-0.39, 0.29) is 12.5 Å². The largest absolute Gasteiger partial charge is 0.466 e. The van der Waals surface area contributed by atoms with Gasteiger partial charge in [0.1, 0.15) is 0 Å². The lowest BCUT2D eigenvalue weighted by molar-refractivity contribution is -0.120. The maximum atomic E-state index is 12.9. The Hall–Kier alpha value is -3.41. The second-order valence-electron chi connectivity index (χ2n) is 7.17. The van der Waals surface area contributed by atoms with Crippen molar-refractivity contribution in [1.29, 1.82) is 0 Å². The van der Waals surface area contributed by atoms with Crippen molar-refractivity contribution in [3.63, 3.8) is 0 Å². The van der Waals surface area contributed by atoms with E-state index in [9.17, 15) is 4.79 Å². The fraction of sp³-hybridized carbons (Fsp3) is 0.261. The van der Waals surface area contributed by atoms with Gasteiger partial charge in [0, 0.05) is 25.0 Å². The van der Waals surface area contributed by atoms with Gasteiger partial charge in [-0.05, 0) is 55.3 Å². The normalized spacial score (nSPS) is 11.2. The minimum atomic E-state index is -0.112. The van der Waals surface area contributed by atoms with E-state index in [1.807, 2.05) is 70.3 Å². The third-order valence-electron chi connectivity index (χ3n) is 5.08. The Labute approximate surface area is 169 Å². The molecule has 0 saturated heterocycles. The van der Waals surface area contributed by atoms with E-state index in [2.05, 4.69) is 16.1 Å². The molecular weight excluding hydrogens is 364 g/mol. The van der Waals surface area contributed by atoms with Gasteiger partial charge in [0.05, 0.1) is 5.39 Å². The Morgan fingerprint density at radius 3 is 2.62 bits per heavy atom. The molecule has 0 N–H and O–H groups in total. The van der Waals surface area contributed by atoms with Gasteiger partial charge in [-0.3, -0.25) is 4.79 Å². The number of amides is 1. The van der Waals surface area contributed by atoms with E-state index in [0.717, 1.165) is 38.8 Å². The van der Waals surface area contributed by atoms with Gasteiger partial charge in [0.2, 0.25) is 5.88 Å². The van der Waals surface area contributed by atoms with Gasteiger partial charge < -0.3 is 9.64 Å². The van der Waals surface area contributed by atoms with Gasteiger partial charge >= 0.3 is 0 Å². The zero-order valence-electron chi connectivity index (χ0n) is 17.1. The Balaban J connectivity index is 1.57. The fourth-order valence-electron chi connectivity index (χ4n) is 3.71. The van der Waals surface area contributed by atoms with Crippen molar-refractivity contribution in [3.05, 3.63) is 59.8 Å². The van der Waals surface area contributed by atoms with Crippen molar-refractivity contribution < 1.29 is 9.53 Å². The summed E-state index contributed by atoms with van der Waals surface area (Å²) in [6, 6.07) is 16.1. The molecule has 0 atom stereocenters. The number of carbonyl (C=O) groups is 1. The van der Waals surface area contributed by atoms with Gasteiger partial charge in [0.15, 0.2) is 12.3 Å². The monoisotopic (exact) mass is 388 g/mol. The van der Waals surface area contributed by atoms with Crippen LogP contribution in [-0.2, 0) is 11.8 Å². The van der Waals surface area contributed by atoms with Crippen LogP contribution in [0.5, 0.6) is 5.88 Å². The molecule has 2 aromatic heterocycles.